The molecule has 3 rings (SSSR count). The minimum absolute atomic E-state index is 0.229. The maximum Gasteiger partial charge on any atom is 0.344 e. The van der Waals surface area contributed by atoms with Crippen LogP contribution in [0, 0.1) is 0 Å². The van der Waals surface area contributed by atoms with E-state index in [4.69, 9.17) is 17.0 Å². The highest BCUT2D eigenvalue weighted by Crippen LogP contribution is 2.32. The molecule has 1 spiro atoms. The van der Waals surface area contributed by atoms with E-state index in [9.17, 15) is 9.59 Å². The maximum atomic E-state index is 12.7. The Morgan fingerprint density at radius 2 is 1.92 bits per heavy atom. The number of amides is 3. The van der Waals surface area contributed by atoms with E-state index in [0.717, 1.165) is 35.6 Å². The summed E-state index contributed by atoms with van der Waals surface area (Å²) in [5, 5.41) is 7.06. The minimum Gasteiger partial charge on any atom is -0.497 e. The van der Waals surface area contributed by atoms with Crippen LogP contribution in [0.5, 0.6) is 5.75 Å². The molecule has 1 saturated carbocycles. The second kappa shape index (κ2) is 7.26. The zero-order chi connectivity index (χ0) is 17.9. The van der Waals surface area contributed by atoms with Crippen LogP contribution in [0.25, 0.3) is 0 Å². The molecule has 1 aliphatic carbocycles. The lowest BCUT2D eigenvalue weighted by atomic mass is 9.82. The van der Waals surface area contributed by atoms with Gasteiger partial charge in [0.25, 0.3) is 5.91 Å². The summed E-state index contributed by atoms with van der Waals surface area (Å²) in [6, 6.07) is 7.11. The van der Waals surface area contributed by atoms with Crippen molar-refractivity contribution in [1.82, 2.24) is 21.1 Å². The van der Waals surface area contributed by atoms with Gasteiger partial charge in [0.05, 0.1) is 7.11 Å². The van der Waals surface area contributed by atoms with Gasteiger partial charge >= 0.3 is 6.03 Å². The monoisotopic (exact) mass is 362 g/mol. The number of rotatable bonds is 4. The third-order valence-electron chi connectivity index (χ3n) is 4.69. The molecular weight excluding hydrogens is 340 g/mol. The molecule has 0 aromatic heterocycles. The van der Waals surface area contributed by atoms with Crippen LogP contribution in [0.4, 0.5) is 4.79 Å². The summed E-state index contributed by atoms with van der Waals surface area (Å²) < 4.78 is 5.11. The lowest BCUT2D eigenvalue weighted by Crippen LogP contribution is -2.52. The Kier molecular flexibility index (Phi) is 5.08. The van der Waals surface area contributed by atoms with Gasteiger partial charge in [-0.1, -0.05) is 31.4 Å². The van der Waals surface area contributed by atoms with Gasteiger partial charge in [-0.15, -0.1) is 0 Å². The van der Waals surface area contributed by atoms with Gasteiger partial charge in [-0.25, -0.2) is 4.79 Å². The highest BCUT2D eigenvalue weighted by molar-refractivity contribution is 7.80. The van der Waals surface area contributed by atoms with Crippen LogP contribution < -0.4 is 20.8 Å². The fourth-order valence-corrected chi connectivity index (χ4v) is 3.45. The molecule has 1 aromatic carbocycles. The van der Waals surface area contributed by atoms with Crippen molar-refractivity contribution in [1.29, 1.82) is 0 Å². The predicted molar refractivity (Wildman–Crippen MR) is 96.8 cm³/mol. The molecule has 2 fully saturated rings. The number of methoxy groups -OCH3 is 1. The van der Waals surface area contributed by atoms with Crippen molar-refractivity contribution >= 4 is 29.3 Å². The number of hydrogen-bond acceptors (Lipinski definition) is 4. The fraction of sp³-hybridized carbons (Fsp3) is 0.471. The van der Waals surface area contributed by atoms with E-state index in [1.54, 1.807) is 7.11 Å². The second-order valence-electron chi connectivity index (χ2n) is 6.36. The Morgan fingerprint density at radius 3 is 2.56 bits per heavy atom. The molecule has 7 nitrogen and oxygen atoms in total. The molecule has 3 N–H and O–H groups in total. The number of imide groups is 1. The summed E-state index contributed by atoms with van der Waals surface area (Å²) in [7, 11) is 1.61. The molecule has 0 bridgehead atoms. The van der Waals surface area contributed by atoms with Crippen molar-refractivity contribution in [2.45, 2.75) is 44.2 Å². The van der Waals surface area contributed by atoms with Crippen LogP contribution in [0.15, 0.2) is 24.3 Å². The molecule has 0 radical (unpaired) electrons. The van der Waals surface area contributed by atoms with Gasteiger partial charge < -0.3 is 15.4 Å². The molecule has 1 aromatic rings. The van der Waals surface area contributed by atoms with E-state index in [0.29, 0.717) is 19.4 Å². The van der Waals surface area contributed by atoms with Gasteiger partial charge in [-0.2, -0.15) is 5.01 Å². The van der Waals surface area contributed by atoms with E-state index >= 15 is 0 Å². The SMILES string of the molecule is COc1ccc(CNC(=S)NN2C(=O)NC3(CCCCC3)C2=O)cc1. The zero-order valence-corrected chi connectivity index (χ0v) is 14.9. The molecule has 25 heavy (non-hydrogen) atoms. The Morgan fingerprint density at radius 1 is 1.24 bits per heavy atom. The number of ether oxygens (including phenoxy) is 1. The maximum absolute atomic E-state index is 12.7. The lowest BCUT2D eigenvalue weighted by Gasteiger charge is -2.30. The van der Waals surface area contributed by atoms with Gasteiger partial charge in [0.1, 0.15) is 11.3 Å². The summed E-state index contributed by atoms with van der Waals surface area (Å²) in [6.45, 7) is 0.477. The van der Waals surface area contributed by atoms with Gasteiger partial charge in [-0.3, -0.25) is 10.2 Å². The molecule has 2 aliphatic rings. The first-order chi connectivity index (χ1) is 12.0. The summed E-state index contributed by atoms with van der Waals surface area (Å²) in [5.41, 5.74) is 2.96. The van der Waals surface area contributed by atoms with Gasteiger partial charge in [-0.05, 0) is 42.8 Å². The molecule has 1 heterocycles. The van der Waals surface area contributed by atoms with E-state index < -0.39 is 11.6 Å². The number of thiocarbonyl (C=S) groups is 1. The average molecular weight is 362 g/mol. The van der Waals surface area contributed by atoms with E-state index in [2.05, 4.69) is 16.1 Å². The molecule has 1 saturated heterocycles. The molecular formula is C17H22N4O3S. The van der Waals surface area contributed by atoms with Crippen molar-refractivity contribution < 1.29 is 14.3 Å². The first kappa shape index (κ1) is 17.5. The number of carbonyl (C=O) groups excluding carboxylic acids is 2. The van der Waals surface area contributed by atoms with Gasteiger partial charge in [0.2, 0.25) is 0 Å². The van der Waals surface area contributed by atoms with E-state index in [1.165, 1.54) is 0 Å². The largest absolute Gasteiger partial charge is 0.497 e. The predicted octanol–water partition coefficient (Wildman–Crippen LogP) is 1.83. The molecule has 134 valence electrons. The fourth-order valence-electron chi connectivity index (χ4n) is 3.28. The van der Waals surface area contributed by atoms with Crippen LogP contribution in [0.1, 0.15) is 37.7 Å². The minimum atomic E-state index is -0.756. The summed E-state index contributed by atoms with van der Waals surface area (Å²) in [4.78, 5) is 24.8. The van der Waals surface area contributed by atoms with Crippen molar-refractivity contribution in [3.05, 3.63) is 29.8 Å². The van der Waals surface area contributed by atoms with Gasteiger partial charge in [0.15, 0.2) is 5.11 Å². The molecule has 8 heteroatoms. The number of carbonyl (C=O) groups is 2. The van der Waals surface area contributed by atoms with Gasteiger partial charge in [0, 0.05) is 6.54 Å². The number of urea groups is 1. The number of benzene rings is 1. The summed E-state index contributed by atoms with van der Waals surface area (Å²) in [6.07, 6.45) is 4.35. The number of hydrogen-bond donors (Lipinski definition) is 3. The quantitative estimate of drug-likeness (QED) is 0.560. The highest BCUT2D eigenvalue weighted by Gasteiger charge is 2.51. The smallest absolute Gasteiger partial charge is 0.344 e. The Bertz CT molecular complexity index is 671. The van der Waals surface area contributed by atoms with Crippen LogP contribution >= 0.6 is 12.2 Å². The lowest BCUT2D eigenvalue weighted by molar-refractivity contribution is -0.133. The topological polar surface area (TPSA) is 82.7 Å². The standard InChI is InChI=1S/C17H22N4O3S/c1-24-13-7-5-12(6-8-13)11-18-15(25)20-21-14(22)17(19-16(21)23)9-3-2-4-10-17/h5-8H,2-4,9-11H2,1H3,(H,19,23)(H2,18,20,25). The van der Waals surface area contributed by atoms with Crippen LogP contribution in [0.2, 0.25) is 0 Å². The number of nitrogens with one attached hydrogen (secondary N) is 3. The van der Waals surface area contributed by atoms with Crippen LogP contribution in [0.3, 0.4) is 0 Å². The van der Waals surface area contributed by atoms with Crippen LogP contribution in [-0.2, 0) is 11.3 Å². The van der Waals surface area contributed by atoms with Crippen molar-refractivity contribution in [3.8, 4) is 5.75 Å². The first-order valence-corrected chi connectivity index (χ1v) is 8.79. The van der Waals surface area contributed by atoms with Crippen molar-refractivity contribution in [2.24, 2.45) is 0 Å². The summed E-state index contributed by atoms with van der Waals surface area (Å²) in [5.74, 6) is 0.535. The number of nitrogens with zero attached hydrogens (tertiary/aromatic N) is 1. The third kappa shape index (κ3) is 3.68. The zero-order valence-electron chi connectivity index (χ0n) is 14.1. The summed E-state index contributed by atoms with van der Waals surface area (Å²) >= 11 is 5.21. The third-order valence-corrected chi connectivity index (χ3v) is 4.93. The van der Waals surface area contributed by atoms with Crippen molar-refractivity contribution in [2.75, 3.05) is 7.11 Å². The van der Waals surface area contributed by atoms with E-state index in [1.807, 2.05) is 24.3 Å². The highest BCUT2D eigenvalue weighted by atomic mass is 32.1. The molecule has 3 amide bonds. The van der Waals surface area contributed by atoms with Crippen molar-refractivity contribution in [3.63, 3.8) is 0 Å². The van der Waals surface area contributed by atoms with Crippen LogP contribution in [-0.4, -0.2) is 34.7 Å². The van der Waals surface area contributed by atoms with E-state index in [-0.39, 0.29) is 11.0 Å². The normalized spacial score (nSPS) is 18.8. The Labute approximate surface area is 152 Å². The Balaban J connectivity index is 1.55. The number of hydrazine groups is 1. The Hall–Kier alpha value is -2.35. The molecule has 0 unspecified atom stereocenters. The average Bonchev–Trinajstić information content (AvgIpc) is 2.85. The molecule has 0 atom stereocenters. The second-order valence-corrected chi connectivity index (χ2v) is 6.76. The molecule has 1 aliphatic heterocycles. The first-order valence-electron chi connectivity index (χ1n) is 8.38.